The summed E-state index contributed by atoms with van der Waals surface area (Å²) in [5.74, 6) is -0.873. The molecule has 2 unspecified atom stereocenters. The zero-order valence-corrected chi connectivity index (χ0v) is 18.4. The lowest BCUT2D eigenvalue weighted by atomic mass is 9.91. The number of benzene rings is 2. The van der Waals surface area contributed by atoms with Gasteiger partial charge in [0.1, 0.15) is 6.04 Å². The largest absolute Gasteiger partial charge is 0.480 e. The van der Waals surface area contributed by atoms with Gasteiger partial charge in [0.15, 0.2) is 0 Å². The molecule has 0 fully saturated rings. The van der Waals surface area contributed by atoms with Crippen LogP contribution >= 0.6 is 0 Å². The monoisotopic (exact) mass is 455 g/mol. The number of carbonyl (C=O) groups excluding carboxylic acids is 1. The van der Waals surface area contributed by atoms with Crippen LogP contribution in [0, 0.1) is 0 Å². The minimum Gasteiger partial charge on any atom is -0.480 e. The van der Waals surface area contributed by atoms with E-state index in [9.17, 15) is 23.1 Å². The SMILES string of the molecule is CCC(C(=O)O)n1c2c(c3ccccc31)CC(NC(=O)NS(=O)(=O)c1ccccc1)CC2. The van der Waals surface area contributed by atoms with E-state index in [4.69, 9.17) is 0 Å². The third kappa shape index (κ3) is 4.08. The Bertz CT molecular complexity index is 1270. The molecule has 1 heterocycles. The molecule has 2 aromatic carbocycles. The molecule has 3 aromatic rings. The molecule has 0 spiro atoms. The predicted molar refractivity (Wildman–Crippen MR) is 120 cm³/mol. The van der Waals surface area contributed by atoms with E-state index in [0.717, 1.165) is 22.2 Å². The van der Waals surface area contributed by atoms with Gasteiger partial charge in [0, 0.05) is 22.6 Å². The Balaban J connectivity index is 1.57. The zero-order valence-electron chi connectivity index (χ0n) is 17.6. The molecule has 0 bridgehead atoms. The molecular formula is C23H25N3O5S. The van der Waals surface area contributed by atoms with Gasteiger partial charge in [0.2, 0.25) is 0 Å². The maximum atomic E-state index is 12.4. The first-order valence-electron chi connectivity index (χ1n) is 10.5. The highest BCUT2D eigenvalue weighted by atomic mass is 32.2. The lowest BCUT2D eigenvalue weighted by Crippen LogP contribution is -2.46. The van der Waals surface area contributed by atoms with E-state index >= 15 is 0 Å². The van der Waals surface area contributed by atoms with Crippen molar-refractivity contribution in [1.82, 2.24) is 14.6 Å². The molecule has 0 radical (unpaired) electrons. The van der Waals surface area contributed by atoms with E-state index in [0.29, 0.717) is 25.7 Å². The van der Waals surface area contributed by atoms with Crippen LogP contribution in [0.4, 0.5) is 4.79 Å². The Hall–Kier alpha value is -3.33. The van der Waals surface area contributed by atoms with Crippen LogP contribution in [0.15, 0.2) is 59.5 Å². The molecular weight excluding hydrogens is 430 g/mol. The second-order valence-electron chi connectivity index (χ2n) is 7.91. The number of hydrogen-bond donors (Lipinski definition) is 3. The van der Waals surface area contributed by atoms with Crippen molar-refractivity contribution >= 4 is 32.9 Å². The number of para-hydroxylation sites is 1. The first kappa shape index (κ1) is 21.9. The second kappa shape index (κ2) is 8.66. The fraction of sp³-hybridized carbons (Fsp3) is 0.304. The molecule has 0 saturated carbocycles. The average molecular weight is 456 g/mol. The number of sulfonamides is 1. The Morgan fingerprint density at radius 3 is 2.50 bits per heavy atom. The van der Waals surface area contributed by atoms with Crippen molar-refractivity contribution in [2.24, 2.45) is 0 Å². The number of nitrogens with zero attached hydrogens (tertiary/aromatic N) is 1. The molecule has 8 nitrogen and oxygen atoms in total. The third-order valence-electron chi connectivity index (χ3n) is 5.91. The van der Waals surface area contributed by atoms with E-state index in [1.54, 1.807) is 18.2 Å². The summed E-state index contributed by atoms with van der Waals surface area (Å²) in [6.45, 7) is 1.85. The van der Waals surface area contributed by atoms with Gasteiger partial charge < -0.3 is 15.0 Å². The lowest BCUT2D eigenvalue weighted by Gasteiger charge is -2.26. The second-order valence-corrected chi connectivity index (χ2v) is 9.59. The number of nitrogens with one attached hydrogen (secondary N) is 2. The average Bonchev–Trinajstić information content (AvgIpc) is 3.08. The molecule has 168 valence electrons. The summed E-state index contributed by atoms with van der Waals surface area (Å²) in [7, 11) is -3.96. The van der Waals surface area contributed by atoms with Gasteiger partial charge in [-0.15, -0.1) is 0 Å². The Labute approximate surface area is 186 Å². The molecule has 2 atom stereocenters. The van der Waals surface area contributed by atoms with E-state index in [1.165, 1.54) is 12.1 Å². The van der Waals surface area contributed by atoms with E-state index in [1.807, 2.05) is 35.8 Å². The van der Waals surface area contributed by atoms with Gasteiger partial charge in [0.05, 0.1) is 4.90 Å². The summed E-state index contributed by atoms with van der Waals surface area (Å²) >= 11 is 0. The van der Waals surface area contributed by atoms with Gasteiger partial charge in [0.25, 0.3) is 10.0 Å². The van der Waals surface area contributed by atoms with Crippen molar-refractivity contribution in [1.29, 1.82) is 0 Å². The van der Waals surface area contributed by atoms with Crippen LogP contribution in [0.3, 0.4) is 0 Å². The van der Waals surface area contributed by atoms with Crippen molar-refractivity contribution < 1.29 is 23.1 Å². The number of carboxylic acids is 1. The number of carbonyl (C=O) groups is 2. The van der Waals surface area contributed by atoms with Crippen molar-refractivity contribution in [3.8, 4) is 0 Å². The fourth-order valence-electron chi connectivity index (χ4n) is 4.49. The highest BCUT2D eigenvalue weighted by Gasteiger charge is 2.31. The van der Waals surface area contributed by atoms with Gasteiger partial charge in [-0.05, 0) is 49.4 Å². The van der Waals surface area contributed by atoms with Crippen LogP contribution in [-0.4, -0.2) is 36.1 Å². The Morgan fingerprint density at radius 2 is 1.81 bits per heavy atom. The normalized spacial score (nSPS) is 16.8. The van der Waals surface area contributed by atoms with Crippen LogP contribution in [0.1, 0.15) is 37.1 Å². The summed E-state index contributed by atoms with van der Waals surface area (Å²) in [6, 6.07) is 13.7. The van der Waals surface area contributed by atoms with Gasteiger partial charge in [-0.25, -0.2) is 22.7 Å². The smallest absolute Gasteiger partial charge is 0.328 e. The Kier molecular flexibility index (Phi) is 5.92. The minimum atomic E-state index is -3.96. The predicted octanol–water partition coefficient (Wildman–Crippen LogP) is 3.22. The van der Waals surface area contributed by atoms with E-state index in [-0.39, 0.29) is 10.9 Å². The first-order chi connectivity index (χ1) is 15.3. The topological polar surface area (TPSA) is 118 Å². The maximum Gasteiger partial charge on any atom is 0.328 e. The van der Waals surface area contributed by atoms with Crippen LogP contribution in [0.2, 0.25) is 0 Å². The molecule has 9 heteroatoms. The lowest BCUT2D eigenvalue weighted by molar-refractivity contribution is -0.140. The molecule has 1 aliphatic carbocycles. The van der Waals surface area contributed by atoms with E-state index < -0.39 is 28.1 Å². The number of aliphatic carboxylic acids is 1. The quantitative estimate of drug-likeness (QED) is 0.528. The van der Waals surface area contributed by atoms with Crippen molar-refractivity contribution in [3.05, 3.63) is 65.9 Å². The molecule has 3 N–H and O–H groups in total. The maximum absolute atomic E-state index is 12.4. The first-order valence-corrected chi connectivity index (χ1v) is 12.0. The fourth-order valence-corrected chi connectivity index (χ4v) is 5.42. The molecule has 4 rings (SSSR count). The highest BCUT2D eigenvalue weighted by Crippen LogP contribution is 2.35. The molecule has 1 aliphatic rings. The molecule has 1 aromatic heterocycles. The number of carboxylic acid groups (broad SMARTS) is 1. The van der Waals surface area contributed by atoms with Crippen molar-refractivity contribution in [3.63, 3.8) is 0 Å². The number of fused-ring (bicyclic) bond motifs is 3. The molecule has 0 saturated heterocycles. The zero-order chi connectivity index (χ0) is 22.9. The van der Waals surface area contributed by atoms with Crippen LogP contribution in [0.5, 0.6) is 0 Å². The number of urea groups is 1. The Morgan fingerprint density at radius 1 is 1.12 bits per heavy atom. The van der Waals surface area contributed by atoms with Crippen LogP contribution in [-0.2, 0) is 27.7 Å². The standard InChI is InChI=1S/C23H25N3O5S/c1-2-19(22(27)28)26-20-11-7-6-10-17(20)18-14-15(12-13-21(18)26)24-23(29)25-32(30,31)16-8-4-3-5-9-16/h3-11,15,19H,2,12-14H2,1H3,(H,27,28)(H2,24,25,29). The summed E-state index contributed by atoms with van der Waals surface area (Å²) in [6.07, 6.45) is 2.13. The molecule has 0 aliphatic heterocycles. The third-order valence-corrected chi connectivity index (χ3v) is 7.25. The number of amides is 2. The van der Waals surface area contributed by atoms with Gasteiger partial charge in [-0.1, -0.05) is 43.3 Å². The summed E-state index contributed by atoms with van der Waals surface area (Å²) in [4.78, 5) is 24.3. The minimum absolute atomic E-state index is 0.0171. The van der Waals surface area contributed by atoms with Crippen molar-refractivity contribution in [2.45, 2.75) is 49.6 Å². The number of hydrogen-bond acceptors (Lipinski definition) is 4. The number of aromatic nitrogens is 1. The molecule has 32 heavy (non-hydrogen) atoms. The van der Waals surface area contributed by atoms with E-state index in [2.05, 4.69) is 10.0 Å². The number of rotatable bonds is 6. The molecule has 2 amide bonds. The van der Waals surface area contributed by atoms with Gasteiger partial charge in [-0.3, -0.25) is 0 Å². The highest BCUT2D eigenvalue weighted by molar-refractivity contribution is 7.90. The summed E-state index contributed by atoms with van der Waals surface area (Å²) in [5.41, 5.74) is 2.84. The summed E-state index contributed by atoms with van der Waals surface area (Å²) < 4.78 is 28.8. The van der Waals surface area contributed by atoms with Crippen LogP contribution < -0.4 is 10.0 Å². The van der Waals surface area contributed by atoms with Gasteiger partial charge in [-0.2, -0.15) is 0 Å². The van der Waals surface area contributed by atoms with Crippen molar-refractivity contribution in [2.75, 3.05) is 0 Å². The van der Waals surface area contributed by atoms with Gasteiger partial charge >= 0.3 is 12.0 Å². The van der Waals surface area contributed by atoms with Crippen LogP contribution in [0.25, 0.3) is 10.9 Å². The summed E-state index contributed by atoms with van der Waals surface area (Å²) in [5, 5.41) is 13.5.